The average molecular weight is 571 g/mol. The molecule has 0 saturated carbocycles. The molecule has 0 aliphatic carbocycles. The molecule has 1 heterocycles. The van der Waals surface area contributed by atoms with E-state index in [1.165, 1.54) is 23.8 Å². The van der Waals surface area contributed by atoms with E-state index in [-0.39, 0.29) is 12.5 Å². The Morgan fingerprint density at radius 2 is 1.82 bits per heavy atom. The minimum atomic E-state index is -0.395. The zero-order valence-corrected chi connectivity index (χ0v) is 23.2. The molecule has 1 saturated heterocycles. The number of thioether (sulfide) groups is 1. The summed E-state index contributed by atoms with van der Waals surface area (Å²) in [6.07, 6.45) is 1.72. The predicted octanol–water partition coefficient (Wildman–Crippen LogP) is 6.99. The van der Waals surface area contributed by atoms with E-state index < -0.39 is 5.97 Å². The SMILES string of the molecule is CCOC(=O)c1ccc(N=C2S/C(=C\c3cc(Cl)c(OCc4ccccc4Cl)c(OC)c3)C(=O)N2C)cc1. The number of carbonyl (C=O) groups excluding carboxylic acids is 2. The van der Waals surface area contributed by atoms with E-state index in [1.807, 2.05) is 18.2 Å². The number of amidine groups is 1. The summed E-state index contributed by atoms with van der Waals surface area (Å²) < 4.78 is 16.4. The van der Waals surface area contributed by atoms with E-state index in [1.54, 1.807) is 62.5 Å². The maximum Gasteiger partial charge on any atom is 0.338 e. The number of methoxy groups -OCH3 is 1. The fourth-order valence-corrected chi connectivity index (χ4v) is 4.98. The van der Waals surface area contributed by atoms with E-state index >= 15 is 0 Å². The van der Waals surface area contributed by atoms with Crippen LogP contribution in [0.2, 0.25) is 10.0 Å². The average Bonchev–Trinajstić information content (AvgIpc) is 3.16. The van der Waals surface area contributed by atoms with E-state index in [0.717, 1.165) is 5.56 Å². The largest absolute Gasteiger partial charge is 0.493 e. The van der Waals surface area contributed by atoms with E-state index in [4.69, 9.17) is 37.4 Å². The molecule has 0 N–H and O–H groups in total. The molecule has 0 atom stereocenters. The fraction of sp³-hybridized carbons (Fsp3) is 0.179. The first-order valence-electron chi connectivity index (χ1n) is 11.6. The highest BCUT2D eigenvalue weighted by Gasteiger charge is 2.30. The molecule has 1 amide bonds. The Labute approximate surface area is 235 Å². The third-order valence-electron chi connectivity index (χ3n) is 5.49. The molecule has 0 bridgehead atoms. The summed E-state index contributed by atoms with van der Waals surface area (Å²) >= 11 is 14.0. The Morgan fingerprint density at radius 1 is 1.08 bits per heavy atom. The number of likely N-dealkylation sites (N-methyl/N-ethyl adjacent to an activating group) is 1. The van der Waals surface area contributed by atoms with Gasteiger partial charge < -0.3 is 14.2 Å². The van der Waals surface area contributed by atoms with Crippen molar-refractivity contribution >= 4 is 63.8 Å². The minimum Gasteiger partial charge on any atom is -0.493 e. The predicted molar refractivity (Wildman–Crippen MR) is 152 cm³/mol. The summed E-state index contributed by atoms with van der Waals surface area (Å²) in [6.45, 7) is 2.27. The van der Waals surface area contributed by atoms with Crippen LogP contribution in [0.5, 0.6) is 11.5 Å². The summed E-state index contributed by atoms with van der Waals surface area (Å²) in [7, 11) is 3.17. The van der Waals surface area contributed by atoms with E-state index in [9.17, 15) is 9.59 Å². The van der Waals surface area contributed by atoms with Gasteiger partial charge in [-0.3, -0.25) is 9.69 Å². The van der Waals surface area contributed by atoms with Crippen molar-refractivity contribution in [3.05, 3.63) is 92.3 Å². The van der Waals surface area contributed by atoms with E-state index in [0.29, 0.717) is 55.0 Å². The lowest BCUT2D eigenvalue weighted by Gasteiger charge is -2.14. The summed E-state index contributed by atoms with van der Waals surface area (Å²) in [5.41, 5.74) is 2.52. The van der Waals surface area contributed by atoms with Crippen LogP contribution < -0.4 is 9.47 Å². The molecule has 0 unspecified atom stereocenters. The normalized spacial score (nSPS) is 15.3. The summed E-state index contributed by atoms with van der Waals surface area (Å²) in [5.74, 6) is 0.211. The molecule has 196 valence electrons. The second-order valence-electron chi connectivity index (χ2n) is 8.05. The van der Waals surface area contributed by atoms with Crippen molar-refractivity contribution < 1.29 is 23.8 Å². The first-order chi connectivity index (χ1) is 18.3. The third kappa shape index (κ3) is 6.32. The molecule has 1 aliphatic heterocycles. The van der Waals surface area contributed by atoms with Crippen LogP contribution in [0.1, 0.15) is 28.4 Å². The zero-order chi connectivity index (χ0) is 27.2. The maximum absolute atomic E-state index is 12.9. The molecule has 1 fully saturated rings. The topological polar surface area (TPSA) is 77.4 Å². The molecule has 0 spiro atoms. The number of rotatable bonds is 8. The fourth-order valence-electron chi connectivity index (χ4n) is 3.53. The molecule has 1 aliphatic rings. The Balaban J connectivity index is 1.53. The van der Waals surface area contributed by atoms with Gasteiger partial charge in [-0.25, -0.2) is 9.79 Å². The third-order valence-corrected chi connectivity index (χ3v) is 7.20. The van der Waals surface area contributed by atoms with Crippen LogP contribution in [0.3, 0.4) is 0 Å². The van der Waals surface area contributed by atoms with Gasteiger partial charge in [0.1, 0.15) is 6.61 Å². The number of hydrogen-bond acceptors (Lipinski definition) is 7. The molecule has 38 heavy (non-hydrogen) atoms. The van der Waals surface area contributed by atoms with Gasteiger partial charge >= 0.3 is 5.97 Å². The molecule has 0 radical (unpaired) electrons. The van der Waals surface area contributed by atoms with Crippen molar-refractivity contribution in [3.63, 3.8) is 0 Å². The number of ether oxygens (including phenoxy) is 3. The number of nitrogens with zero attached hydrogens (tertiary/aromatic N) is 2. The quantitative estimate of drug-likeness (QED) is 0.214. The maximum atomic E-state index is 12.9. The van der Waals surface area contributed by atoms with Gasteiger partial charge in [0, 0.05) is 17.6 Å². The number of carbonyl (C=O) groups is 2. The van der Waals surface area contributed by atoms with Gasteiger partial charge in [0.05, 0.1) is 34.9 Å². The van der Waals surface area contributed by atoms with Crippen LogP contribution in [0.15, 0.2) is 70.6 Å². The highest BCUT2D eigenvalue weighted by molar-refractivity contribution is 8.18. The van der Waals surface area contributed by atoms with Crippen molar-refractivity contribution in [1.29, 1.82) is 0 Å². The van der Waals surface area contributed by atoms with Crippen molar-refractivity contribution in [1.82, 2.24) is 4.90 Å². The summed E-state index contributed by atoms with van der Waals surface area (Å²) in [6, 6.07) is 17.5. The second kappa shape index (κ2) is 12.4. The number of halogens is 2. The van der Waals surface area contributed by atoms with Crippen LogP contribution in [0.4, 0.5) is 5.69 Å². The molecule has 4 rings (SSSR count). The number of esters is 1. The first kappa shape index (κ1) is 27.6. The van der Waals surface area contributed by atoms with Crippen molar-refractivity contribution in [3.8, 4) is 11.5 Å². The monoisotopic (exact) mass is 570 g/mol. The smallest absolute Gasteiger partial charge is 0.338 e. The lowest BCUT2D eigenvalue weighted by molar-refractivity contribution is -0.121. The minimum absolute atomic E-state index is 0.203. The molecular formula is C28H24Cl2N2O5S. The number of amides is 1. The summed E-state index contributed by atoms with van der Waals surface area (Å²) in [4.78, 5) is 31.3. The Hall–Kier alpha value is -3.46. The first-order valence-corrected chi connectivity index (χ1v) is 13.1. The van der Waals surface area contributed by atoms with Gasteiger partial charge in [0.15, 0.2) is 16.7 Å². The zero-order valence-electron chi connectivity index (χ0n) is 20.9. The van der Waals surface area contributed by atoms with Crippen LogP contribution in [0, 0.1) is 0 Å². The Kier molecular flexibility index (Phi) is 8.99. The van der Waals surface area contributed by atoms with Gasteiger partial charge in [-0.1, -0.05) is 41.4 Å². The molecule has 3 aromatic carbocycles. The summed E-state index contributed by atoms with van der Waals surface area (Å²) in [5, 5.41) is 1.43. The molecular weight excluding hydrogens is 547 g/mol. The molecule has 7 nitrogen and oxygen atoms in total. The van der Waals surface area contributed by atoms with Crippen LogP contribution >= 0.6 is 35.0 Å². The lowest BCUT2D eigenvalue weighted by atomic mass is 10.1. The molecule has 10 heteroatoms. The van der Waals surface area contributed by atoms with Crippen molar-refractivity contribution in [2.24, 2.45) is 4.99 Å². The van der Waals surface area contributed by atoms with Crippen LogP contribution in [-0.4, -0.2) is 42.7 Å². The Morgan fingerprint density at radius 3 is 2.50 bits per heavy atom. The number of hydrogen-bond donors (Lipinski definition) is 0. The highest BCUT2D eigenvalue weighted by Crippen LogP contribution is 2.39. The van der Waals surface area contributed by atoms with Crippen LogP contribution in [0.25, 0.3) is 6.08 Å². The number of aliphatic imine (C=N–C) groups is 1. The molecule has 0 aromatic heterocycles. The highest BCUT2D eigenvalue weighted by atomic mass is 35.5. The standard InChI is InChI=1S/C28H24Cl2N2O5S/c1-4-36-27(34)18-9-11-20(12-10-18)31-28-32(2)26(33)24(38-28)15-17-13-22(30)25(23(14-17)35-3)37-16-19-7-5-6-8-21(19)29/h5-15H,4,16H2,1-3H3/b24-15-,31-28?. The van der Waals surface area contributed by atoms with Gasteiger partial charge in [0.25, 0.3) is 5.91 Å². The molecule has 3 aromatic rings. The van der Waals surface area contributed by atoms with Gasteiger partial charge in [-0.05, 0) is 72.8 Å². The van der Waals surface area contributed by atoms with Gasteiger partial charge in [-0.15, -0.1) is 0 Å². The van der Waals surface area contributed by atoms with Gasteiger partial charge in [-0.2, -0.15) is 0 Å². The van der Waals surface area contributed by atoms with Gasteiger partial charge in [0.2, 0.25) is 0 Å². The van der Waals surface area contributed by atoms with Crippen LogP contribution in [-0.2, 0) is 16.1 Å². The number of benzene rings is 3. The van der Waals surface area contributed by atoms with E-state index in [2.05, 4.69) is 4.99 Å². The second-order valence-corrected chi connectivity index (χ2v) is 9.87. The van der Waals surface area contributed by atoms with Crippen molar-refractivity contribution in [2.75, 3.05) is 20.8 Å². The Bertz CT molecular complexity index is 1420. The van der Waals surface area contributed by atoms with Crippen molar-refractivity contribution in [2.45, 2.75) is 13.5 Å². The lowest BCUT2D eigenvalue weighted by Crippen LogP contribution is -2.23.